The van der Waals surface area contributed by atoms with Crippen molar-refractivity contribution < 1.29 is 4.79 Å². The average Bonchev–Trinajstić information content (AvgIpc) is 2.71. The molecular weight excluding hydrogens is 318 g/mol. The van der Waals surface area contributed by atoms with E-state index in [1.54, 1.807) is 23.1 Å². The molecule has 6 heteroatoms. The molecule has 2 rings (SSSR count). The highest BCUT2D eigenvalue weighted by Gasteiger charge is 2.20. The van der Waals surface area contributed by atoms with Crippen molar-refractivity contribution in [1.29, 1.82) is 0 Å². The summed E-state index contributed by atoms with van der Waals surface area (Å²) in [5.74, 6) is -0.153. The van der Waals surface area contributed by atoms with E-state index in [9.17, 15) is 4.79 Å². The molecule has 0 aliphatic rings. The van der Waals surface area contributed by atoms with Gasteiger partial charge >= 0.3 is 0 Å². The van der Waals surface area contributed by atoms with Crippen LogP contribution in [0.1, 0.15) is 29.4 Å². The fourth-order valence-electron chi connectivity index (χ4n) is 1.66. The molecule has 0 atom stereocenters. The van der Waals surface area contributed by atoms with E-state index in [1.165, 1.54) is 6.20 Å². The normalized spacial score (nSPS) is 10.6. The number of carbonyl (C=O) groups excluding carboxylic acids is 1. The van der Waals surface area contributed by atoms with Crippen LogP contribution < -0.4 is 0 Å². The van der Waals surface area contributed by atoms with Gasteiger partial charge in [-0.15, -0.1) is 0 Å². The maximum Gasteiger partial charge on any atom is 0.213 e. The number of aromatic nitrogens is 3. The number of halogens is 2. The van der Waals surface area contributed by atoms with E-state index in [0.29, 0.717) is 27.3 Å². The molecule has 0 spiro atoms. The van der Waals surface area contributed by atoms with Gasteiger partial charge in [0.05, 0.1) is 15.7 Å². The molecule has 0 unspecified atom stereocenters. The van der Waals surface area contributed by atoms with Gasteiger partial charge in [-0.1, -0.05) is 18.5 Å². The van der Waals surface area contributed by atoms with Crippen LogP contribution in [0, 0.1) is 0 Å². The van der Waals surface area contributed by atoms with Crippen molar-refractivity contribution in [2.75, 3.05) is 0 Å². The van der Waals surface area contributed by atoms with Crippen molar-refractivity contribution in [2.45, 2.75) is 19.9 Å². The van der Waals surface area contributed by atoms with E-state index in [0.717, 1.165) is 6.42 Å². The molecule has 0 aliphatic carbocycles. The number of hydrogen-bond acceptors (Lipinski definition) is 3. The molecular formula is C12H11BrClN3O. The molecule has 94 valence electrons. The molecule has 0 amide bonds. The van der Waals surface area contributed by atoms with Gasteiger partial charge in [0, 0.05) is 24.5 Å². The van der Waals surface area contributed by atoms with Crippen LogP contribution in [0.4, 0.5) is 0 Å². The van der Waals surface area contributed by atoms with Gasteiger partial charge in [0.15, 0.2) is 0 Å². The molecule has 0 fully saturated rings. The van der Waals surface area contributed by atoms with Crippen LogP contribution in [0.3, 0.4) is 0 Å². The molecule has 0 N–H and O–H groups in total. The third-order valence-electron chi connectivity index (χ3n) is 2.46. The summed E-state index contributed by atoms with van der Waals surface area (Å²) < 4.78 is 2.36. The van der Waals surface area contributed by atoms with Crippen molar-refractivity contribution in [3.63, 3.8) is 0 Å². The predicted molar refractivity (Wildman–Crippen MR) is 72.9 cm³/mol. The number of carbonyl (C=O) groups is 1. The van der Waals surface area contributed by atoms with Gasteiger partial charge in [-0.25, -0.2) is 0 Å². The lowest BCUT2D eigenvalue weighted by Crippen LogP contribution is -2.12. The number of rotatable bonds is 4. The molecule has 2 heterocycles. The number of nitrogens with zero attached hydrogens (tertiary/aromatic N) is 3. The molecule has 0 aromatic carbocycles. The topological polar surface area (TPSA) is 47.8 Å². The SMILES string of the molecule is CCCn1ncc(Br)c1C(=O)c1ccncc1Cl. The fraction of sp³-hybridized carbons (Fsp3) is 0.250. The van der Waals surface area contributed by atoms with Crippen LogP contribution in [0.25, 0.3) is 0 Å². The molecule has 2 aromatic heterocycles. The first-order valence-corrected chi connectivity index (χ1v) is 6.67. The first-order valence-electron chi connectivity index (χ1n) is 5.50. The van der Waals surface area contributed by atoms with Crippen molar-refractivity contribution >= 4 is 33.3 Å². The molecule has 0 saturated carbocycles. The van der Waals surface area contributed by atoms with Crippen LogP contribution in [0.5, 0.6) is 0 Å². The minimum atomic E-state index is -0.153. The quantitative estimate of drug-likeness (QED) is 0.809. The van der Waals surface area contributed by atoms with Crippen molar-refractivity contribution in [2.24, 2.45) is 0 Å². The standard InChI is InChI=1S/C12H11BrClN3O/c1-2-5-17-11(9(13)6-16-17)12(18)8-3-4-15-7-10(8)14/h3-4,6-7H,2,5H2,1H3. The Labute approximate surface area is 118 Å². The summed E-state index contributed by atoms with van der Waals surface area (Å²) in [6, 6.07) is 1.61. The van der Waals surface area contributed by atoms with Crippen molar-refractivity contribution in [3.05, 3.63) is 45.4 Å². The average molecular weight is 329 g/mol. The van der Waals surface area contributed by atoms with Gasteiger partial charge in [0.25, 0.3) is 0 Å². The predicted octanol–water partition coefficient (Wildman–Crippen LogP) is 3.34. The van der Waals surface area contributed by atoms with E-state index in [-0.39, 0.29) is 5.78 Å². The van der Waals surface area contributed by atoms with Crippen molar-refractivity contribution in [1.82, 2.24) is 14.8 Å². The molecule has 2 aromatic rings. The molecule has 0 saturated heterocycles. The van der Waals surface area contributed by atoms with E-state index >= 15 is 0 Å². The van der Waals surface area contributed by atoms with Gasteiger partial charge in [0.2, 0.25) is 5.78 Å². The summed E-state index contributed by atoms with van der Waals surface area (Å²) in [4.78, 5) is 16.3. The highest BCUT2D eigenvalue weighted by molar-refractivity contribution is 9.10. The van der Waals surface area contributed by atoms with Gasteiger partial charge in [0.1, 0.15) is 5.69 Å². The molecule has 4 nitrogen and oxygen atoms in total. The lowest BCUT2D eigenvalue weighted by atomic mass is 10.1. The van der Waals surface area contributed by atoms with Gasteiger partial charge in [-0.2, -0.15) is 5.10 Å². The largest absolute Gasteiger partial charge is 0.287 e. The smallest absolute Gasteiger partial charge is 0.213 e. The first kappa shape index (κ1) is 13.2. The Kier molecular flexibility index (Phi) is 4.14. The third kappa shape index (κ3) is 2.47. The van der Waals surface area contributed by atoms with Crippen LogP contribution in [-0.2, 0) is 6.54 Å². The minimum Gasteiger partial charge on any atom is -0.287 e. The summed E-state index contributed by atoms with van der Waals surface area (Å²) in [5.41, 5.74) is 0.954. The van der Waals surface area contributed by atoms with E-state index in [4.69, 9.17) is 11.6 Å². The van der Waals surface area contributed by atoms with E-state index in [2.05, 4.69) is 26.0 Å². The zero-order chi connectivity index (χ0) is 13.1. The Hall–Kier alpha value is -1.20. The van der Waals surface area contributed by atoms with Crippen LogP contribution >= 0.6 is 27.5 Å². The third-order valence-corrected chi connectivity index (χ3v) is 3.34. The van der Waals surface area contributed by atoms with E-state index in [1.807, 2.05) is 6.92 Å². The Morgan fingerprint density at radius 2 is 2.28 bits per heavy atom. The zero-order valence-electron chi connectivity index (χ0n) is 9.73. The molecule has 0 aliphatic heterocycles. The second kappa shape index (κ2) is 5.63. The second-order valence-corrected chi connectivity index (χ2v) is 5.01. The van der Waals surface area contributed by atoms with Gasteiger partial charge < -0.3 is 0 Å². The minimum absolute atomic E-state index is 0.153. The molecule has 0 radical (unpaired) electrons. The Balaban J connectivity index is 2.46. The number of pyridine rings is 1. The Morgan fingerprint density at radius 3 is 2.94 bits per heavy atom. The lowest BCUT2D eigenvalue weighted by molar-refractivity contribution is 0.102. The lowest BCUT2D eigenvalue weighted by Gasteiger charge is -2.07. The van der Waals surface area contributed by atoms with Gasteiger partial charge in [-0.05, 0) is 28.4 Å². The van der Waals surface area contributed by atoms with Gasteiger partial charge in [-0.3, -0.25) is 14.5 Å². The summed E-state index contributed by atoms with van der Waals surface area (Å²) in [7, 11) is 0. The first-order chi connectivity index (χ1) is 8.65. The summed E-state index contributed by atoms with van der Waals surface area (Å²) in [6.45, 7) is 2.72. The fourth-order valence-corrected chi connectivity index (χ4v) is 2.34. The van der Waals surface area contributed by atoms with E-state index < -0.39 is 0 Å². The number of aryl methyl sites for hydroxylation is 1. The Morgan fingerprint density at radius 1 is 1.50 bits per heavy atom. The monoisotopic (exact) mass is 327 g/mol. The highest BCUT2D eigenvalue weighted by Crippen LogP contribution is 2.23. The summed E-state index contributed by atoms with van der Waals surface area (Å²) >= 11 is 9.34. The summed E-state index contributed by atoms with van der Waals surface area (Å²) in [5, 5.41) is 4.52. The second-order valence-electron chi connectivity index (χ2n) is 3.75. The highest BCUT2D eigenvalue weighted by atomic mass is 79.9. The van der Waals surface area contributed by atoms with Crippen LogP contribution in [0.15, 0.2) is 29.1 Å². The number of ketones is 1. The zero-order valence-corrected chi connectivity index (χ0v) is 12.1. The molecule has 18 heavy (non-hydrogen) atoms. The number of hydrogen-bond donors (Lipinski definition) is 0. The van der Waals surface area contributed by atoms with Crippen LogP contribution in [-0.4, -0.2) is 20.5 Å². The summed E-state index contributed by atoms with van der Waals surface area (Å²) in [6.07, 6.45) is 5.53. The Bertz CT molecular complexity index is 582. The maximum atomic E-state index is 12.4. The maximum absolute atomic E-state index is 12.4. The molecule has 0 bridgehead atoms. The van der Waals surface area contributed by atoms with Crippen molar-refractivity contribution in [3.8, 4) is 0 Å². The van der Waals surface area contributed by atoms with Crippen LogP contribution in [0.2, 0.25) is 5.02 Å².